The molecule has 0 bridgehead atoms. The van der Waals surface area contributed by atoms with E-state index < -0.39 is 0 Å². The highest BCUT2D eigenvalue weighted by Gasteiger charge is 2.29. The van der Waals surface area contributed by atoms with Gasteiger partial charge in [0.05, 0.1) is 5.92 Å². The first-order chi connectivity index (χ1) is 6.50. The van der Waals surface area contributed by atoms with Crippen LogP contribution in [0.4, 0.5) is 0 Å². The van der Waals surface area contributed by atoms with Crippen LogP contribution in [0.25, 0.3) is 0 Å². The van der Waals surface area contributed by atoms with Gasteiger partial charge in [0.15, 0.2) is 0 Å². The molecular formula is C10H18N2O2. The minimum Gasteiger partial charge on any atom is -0.355 e. The molecule has 0 saturated carbocycles. The summed E-state index contributed by atoms with van der Waals surface area (Å²) in [4.78, 5) is 24.4. The van der Waals surface area contributed by atoms with Crippen LogP contribution < -0.4 is 5.32 Å². The van der Waals surface area contributed by atoms with E-state index in [1.807, 2.05) is 0 Å². The smallest absolute Gasteiger partial charge is 0.227 e. The van der Waals surface area contributed by atoms with Crippen LogP contribution >= 0.6 is 0 Å². The highest BCUT2D eigenvalue weighted by Crippen LogP contribution is 2.12. The third-order valence-electron chi connectivity index (χ3n) is 2.34. The van der Waals surface area contributed by atoms with Crippen molar-refractivity contribution < 1.29 is 9.59 Å². The van der Waals surface area contributed by atoms with Crippen LogP contribution in [0.1, 0.15) is 20.3 Å². The third-order valence-corrected chi connectivity index (χ3v) is 2.34. The predicted octanol–water partition coefficient (Wildman–Crippen LogP) is 0.237. The van der Waals surface area contributed by atoms with E-state index in [-0.39, 0.29) is 17.7 Å². The summed E-state index contributed by atoms with van der Waals surface area (Å²) in [5, 5.41) is 2.67. The Kier molecular flexibility index (Phi) is 3.49. The Morgan fingerprint density at radius 2 is 2.29 bits per heavy atom. The number of rotatable bonds is 3. The van der Waals surface area contributed by atoms with Gasteiger partial charge in [-0.05, 0) is 5.92 Å². The fraction of sp³-hybridized carbons (Fsp3) is 0.800. The second-order valence-corrected chi connectivity index (χ2v) is 4.32. The molecule has 1 heterocycles. The van der Waals surface area contributed by atoms with Crippen molar-refractivity contribution in [2.24, 2.45) is 11.8 Å². The molecule has 2 amide bonds. The van der Waals surface area contributed by atoms with E-state index in [1.54, 1.807) is 11.9 Å². The predicted molar refractivity (Wildman–Crippen MR) is 53.6 cm³/mol. The standard InChI is InChI=1S/C10H18N2O2/c1-7(2)6-12(3)10(14)8-4-9(13)11-5-8/h7-8H,4-6H2,1-3H3,(H,11,13). The summed E-state index contributed by atoms with van der Waals surface area (Å²) in [7, 11) is 1.80. The van der Waals surface area contributed by atoms with E-state index in [4.69, 9.17) is 0 Å². The van der Waals surface area contributed by atoms with Gasteiger partial charge >= 0.3 is 0 Å². The topological polar surface area (TPSA) is 49.4 Å². The number of carbonyl (C=O) groups is 2. The fourth-order valence-electron chi connectivity index (χ4n) is 1.73. The Hall–Kier alpha value is -1.06. The molecule has 4 nitrogen and oxygen atoms in total. The Labute approximate surface area is 84.7 Å². The lowest BCUT2D eigenvalue weighted by atomic mass is 10.1. The number of amides is 2. The van der Waals surface area contributed by atoms with Gasteiger partial charge in [-0.25, -0.2) is 0 Å². The van der Waals surface area contributed by atoms with Gasteiger partial charge in [0.2, 0.25) is 11.8 Å². The van der Waals surface area contributed by atoms with Crippen molar-refractivity contribution in [1.82, 2.24) is 10.2 Å². The maximum Gasteiger partial charge on any atom is 0.227 e. The molecule has 14 heavy (non-hydrogen) atoms. The largest absolute Gasteiger partial charge is 0.355 e. The van der Waals surface area contributed by atoms with Crippen LogP contribution in [0, 0.1) is 11.8 Å². The van der Waals surface area contributed by atoms with Crippen molar-refractivity contribution in [3.05, 3.63) is 0 Å². The molecule has 1 N–H and O–H groups in total. The van der Waals surface area contributed by atoms with Crippen LogP contribution in [-0.2, 0) is 9.59 Å². The zero-order valence-corrected chi connectivity index (χ0v) is 9.04. The number of hydrogen-bond donors (Lipinski definition) is 1. The van der Waals surface area contributed by atoms with Gasteiger partial charge in [-0.1, -0.05) is 13.8 Å². The number of hydrogen-bond acceptors (Lipinski definition) is 2. The SMILES string of the molecule is CC(C)CN(C)C(=O)C1CNC(=O)C1. The second kappa shape index (κ2) is 4.44. The van der Waals surface area contributed by atoms with Gasteiger partial charge in [-0.2, -0.15) is 0 Å². The molecule has 4 heteroatoms. The summed E-state index contributed by atoms with van der Waals surface area (Å²) in [5.41, 5.74) is 0. The van der Waals surface area contributed by atoms with Crippen molar-refractivity contribution >= 4 is 11.8 Å². The third kappa shape index (κ3) is 2.72. The summed E-state index contributed by atoms with van der Waals surface area (Å²) in [6.07, 6.45) is 0.348. The van der Waals surface area contributed by atoms with E-state index in [1.165, 1.54) is 0 Å². The Balaban J connectivity index is 2.44. The maximum atomic E-state index is 11.8. The lowest BCUT2D eigenvalue weighted by Crippen LogP contribution is -2.36. The summed E-state index contributed by atoms with van der Waals surface area (Å²) in [5.74, 6) is 0.388. The lowest BCUT2D eigenvalue weighted by molar-refractivity contribution is -0.135. The number of carbonyl (C=O) groups excluding carboxylic acids is 2. The molecule has 1 saturated heterocycles. The summed E-state index contributed by atoms with van der Waals surface area (Å²) in [6.45, 7) is 5.40. The number of nitrogens with zero attached hydrogens (tertiary/aromatic N) is 1. The molecule has 0 aromatic heterocycles. The zero-order valence-electron chi connectivity index (χ0n) is 9.04. The van der Waals surface area contributed by atoms with Crippen LogP contribution in [-0.4, -0.2) is 36.9 Å². The Bertz CT molecular complexity index is 238. The maximum absolute atomic E-state index is 11.8. The second-order valence-electron chi connectivity index (χ2n) is 4.32. The normalized spacial score (nSPS) is 21.1. The quantitative estimate of drug-likeness (QED) is 0.706. The number of nitrogens with one attached hydrogen (secondary N) is 1. The molecule has 1 fully saturated rings. The van der Waals surface area contributed by atoms with Gasteiger partial charge in [0.25, 0.3) is 0 Å². The van der Waals surface area contributed by atoms with Crippen LogP contribution in [0.3, 0.4) is 0 Å². The molecule has 0 aromatic rings. The molecule has 1 aliphatic heterocycles. The molecule has 80 valence electrons. The summed E-state index contributed by atoms with van der Waals surface area (Å²) < 4.78 is 0. The fourth-order valence-corrected chi connectivity index (χ4v) is 1.73. The van der Waals surface area contributed by atoms with Crippen molar-refractivity contribution in [3.8, 4) is 0 Å². The zero-order chi connectivity index (χ0) is 10.7. The van der Waals surface area contributed by atoms with Gasteiger partial charge in [0, 0.05) is 26.6 Å². The van der Waals surface area contributed by atoms with Crippen molar-refractivity contribution in [2.45, 2.75) is 20.3 Å². The molecule has 1 unspecified atom stereocenters. The molecule has 0 radical (unpaired) electrons. The van der Waals surface area contributed by atoms with Gasteiger partial charge < -0.3 is 10.2 Å². The molecule has 0 aromatic carbocycles. The van der Waals surface area contributed by atoms with E-state index >= 15 is 0 Å². The van der Waals surface area contributed by atoms with Crippen LogP contribution in [0.15, 0.2) is 0 Å². The average molecular weight is 198 g/mol. The van der Waals surface area contributed by atoms with Crippen LogP contribution in [0.2, 0.25) is 0 Å². The lowest BCUT2D eigenvalue weighted by Gasteiger charge is -2.21. The minimum atomic E-state index is -0.147. The molecule has 1 atom stereocenters. The minimum absolute atomic E-state index is 0.0127. The molecule has 0 spiro atoms. The Morgan fingerprint density at radius 3 is 2.71 bits per heavy atom. The average Bonchev–Trinajstić information content (AvgIpc) is 2.49. The van der Waals surface area contributed by atoms with E-state index in [0.717, 1.165) is 6.54 Å². The highest BCUT2D eigenvalue weighted by atomic mass is 16.2. The molecule has 1 rings (SSSR count). The highest BCUT2D eigenvalue weighted by molar-refractivity contribution is 5.89. The van der Waals surface area contributed by atoms with Crippen LogP contribution in [0.5, 0.6) is 0 Å². The van der Waals surface area contributed by atoms with E-state index in [2.05, 4.69) is 19.2 Å². The van der Waals surface area contributed by atoms with E-state index in [9.17, 15) is 9.59 Å². The van der Waals surface area contributed by atoms with Crippen molar-refractivity contribution in [3.63, 3.8) is 0 Å². The van der Waals surface area contributed by atoms with Gasteiger partial charge in [-0.15, -0.1) is 0 Å². The first-order valence-corrected chi connectivity index (χ1v) is 5.02. The summed E-state index contributed by atoms with van der Waals surface area (Å²) >= 11 is 0. The van der Waals surface area contributed by atoms with Gasteiger partial charge in [0.1, 0.15) is 0 Å². The Morgan fingerprint density at radius 1 is 1.64 bits per heavy atom. The van der Waals surface area contributed by atoms with Crippen molar-refractivity contribution in [2.75, 3.05) is 20.1 Å². The van der Waals surface area contributed by atoms with Crippen molar-refractivity contribution in [1.29, 1.82) is 0 Å². The summed E-state index contributed by atoms with van der Waals surface area (Å²) in [6, 6.07) is 0. The first-order valence-electron chi connectivity index (χ1n) is 5.02. The molecule has 0 aliphatic carbocycles. The molecule has 1 aliphatic rings. The molecular weight excluding hydrogens is 180 g/mol. The van der Waals surface area contributed by atoms with E-state index in [0.29, 0.717) is 18.9 Å². The first kappa shape index (κ1) is 11.0. The monoisotopic (exact) mass is 198 g/mol. The van der Waals surface area contributed by atoms with Gasteiger partial charge in [-0.3, -0.25) is 9.59 Å².